The van der Waals surface area contributed by atoms with Crippen molar-refractivity contribution in [3.05, 3.63) is 66.9 Å². The van der Waals surface area contributed by atoms with E-state index in [2.05, 4.69) is 4.98 Å². The van der Waals surface area contributed by atoms with Crippen molar-refractivity contribution in [1.82, 2.24) is 9.71 Å². The van der Waals surface area contributed by atoms with Crippen molar-refractivity contribution in [3.63, 3.8) is 0 Å². The summed E-state index contributed by atoms with van der Waals surface area (Å²) in [5.74, 6) is -0.304. The third-order valence-electron chi connectivity index (χ3n) is 3.11. The van der Waals surface area contributed by atoms with Gasteiger partial charge in [-0.3, -0.25) is 9.78 Å². The SMILES string of the molecule is O=C(C=Cc1ccco1)NS(=O)(=O)c1cccc2cnccc12. The Kier molecular flexibility index (Phi) is 3.94. The molecule has 1 aromatic carbocycles. The maximum atomic E-state index is 12.4. The second-order valence-electron chi connectivity index (χ2n) is 4.67. The van der Waals surface area contributed by atoms with E-state index in [4.69, 9.17) is 4.42 Å². The van der Waals surface area contributed by atoms with Gasteiger partial charge in [0.15, 0.2) is 0 Å². The summed E-state index contributed by atoms with van der Waals surface area (Å²) in [6.07, 6.45) is 7.01. The van der Waals surface area contributed by atoms with E-state index in [1.807, 2.05) is 4.72 Å². The molecule has 6 nitrogen and oxygen atoms in total. The normalized spacial score (nSPS) is 11.8. The van der Waals surface area contributed by atoms with Gasteiger partial charge < -0.3 is 4.42 Å². The van der Waals surface area contributed by atoms with Crippen molar-refractivity contribution < 1.29 is 17.6 Å². The number of hydrogen-bond donors (Lipinski definition) is 1. The van der Waals surface area contributed by atoms with Crippen LogP contribution in [0.15, 0.2) is 70.4 Å². The highest BCUT2D eigenvalue weighted by molar-refractivity contribution is 7.90. The van der Waals surface area contributed by atoms with Gasteiger partial charge in [-0.15, -0.1) is 0 Å². The molecule has 1 amide bonds. The summed E-state index contributed by atoms with van der Waals surface area (Å²) in [6.45, 7) is 0. The van der Waals surface area contributed by atoms with Crippen molar-refractivity contribution in [3.8, 4) is 0 Å². The average molecular weight is 328 g/mol. The number of rotatable bonds is 4. The van der Waals surface area contributed by atoms with Crippen LogP contribution in [0.5, 0.6) is 0 Å². The summed E-state index contributed by atoms with van der Waals surface area (Å²) in [4.78, 5) is 15.8. The minimum absolute atomic E-state index is 0.0251. The van der Waals surface area contributed by atoms with Crippen LogP contribution in [-0.2, 0) is 14.8 Å². The number of benzene rings is 1. The molecule has 0 aliphatic rings. The van der Waals surface area contributed by atoms with Crippen LogP contribution in [0.25, 0.3) is 16.8 Å². The highest BCUT2D eigenvalue weighted by Gasteiger charge is 2.19. The molecule has 3 rings (SSSR count). The molecule has 2 heterocycles. The van der Waals surface area contributed by atoms with E-state index in [1.165, 1.54) is 24.6 Å². The second-order valence-corrected chi connectivity index (χ2v) is 6.32. The topological polar surface area (TPSA) is 89.3 Å². The smallest absolute Gasteiger partial charge is 0.264 e. The Morgan fingerprint density at radius 2 is 2.04 bits per heavy atom. The Morgan fingerprint density at radius 1 is 1.17 bits per heavy atom. The summed E-state index contributed by atoms with van der Waals surface area (Å²) < 4.78 is 31.9. The molecule has 1 N–H and O–H groups in total. The van der Waals surface area contributed by atoms with Gasteiger partial charge in [-0.25, -0.2) is 13.1 Å². The molecule has 0 bridgehead atoms. The highest BCUT2D eigenvalue weighted by atomic mass is 32.2. The first-order valence-corrected chi connectivity index (χ1v) is 8.16. The van der Waals surface area contributed by atoms with E-state index in [0.29, 0.717) is 16.5 Å². The van der Waals surface area contributed by atoms with Gasteiger partial charge in [-0.1, -0.05) is 12.1 Å². The average Bonchev–Trinajstić information content (AvgIpc) is 3.05. The zero-order valence-corrected chi connectivity index (χ0v) is 12.7. The van der Waals surface area contributed by atoms with Gasteiger partial charge in [-0.05, 0) is 30.3 Å². The number of nitrogens with one attached hydrogen (secondary N) is 1. The summed E-state index contributed by atoms with van der Waals surface area (Å²) in [7, 11) is -3.99. The summed E-state index contributed by atoms with van der Waals surface area (Å²) in [6, 6.07) is 9.69. The molecule has 3 aromatic rings. The van der Waals surface area contributed by atoms with Crippen LogP contribution in [0, 0.1) is 0 Å². The number of carbonyl (C=O) groups is 1. The van der Waals surface area contributed by atoms with Crippen LogP contribution in [-0.4, -0.2) is 19.3 Å². The van der Waals surface area contributed by atoms with Crippen molar-refractivity contribution in [2.24, 2.45) is 0 Å². The fraction of sp³-hybridized carbons (Fsp3) is 0. The Bertz CT molecular complexity index is 971. The van der Waals surface area contributed by atoms with Crippen molar-refractivity contribution >= 4 is 32.8 Å². The van der Waals surface area contributed by atoms with E-state index in [9.17, 15) is 13.2 Å². The molecule has 0 radical (unpaired) electrons. The number of fused-ring (bicyclic) bond motifs is 1. The molecule has 0 atom stereocenters. The molecule has 7 heteroatoms. The Morgan fingerprint density at radius 3 is 2.83 bits per heavy atom. The molecule has 0 aliphatic heterocycles. The lowest BCUT2D eigenvalue weighted by atomic mass is 10.2. The lowest BCUT2D eigenvalue weighted by molar-refractivity contribution is -0.114. The first-order valence-electron chi connectivity index (χ1n) is 6.67. The van der Waals surface area contributed by atoms with Crippen molar-refractivity contribution in [1.29, 1.82) is 0 Å². The number of nitrogens with zero attached hydrogens (tertiary/aromatic N) is 1. The second kappa shape index (κ2) is 6.05. The van der Waals surface area contributed by atoms with Crippen LogP contribution in [0.2, 0.25) is 0 Å². The molecule has 23 heavy (non-hydrogen) atoms. The molecular weight excluding hydrogens is 316 g/mol. The zero-order chi connectivity index (χ0) is 16.3. The maximum absolute atomic E-state index is 12.4. The van der Waals surface area contributed by atoms with Gasteiger partial charge in [-0.2, -0.15) is 0 Å². The van der Waals surface area contributed by atoms with Gasteiger partial charge in [0.1, 0.15) is 5.76 Å². The van der Waals surface area contributed by atoms with Crippen LogP contribution in [0.1, 0.15) is 5.76 Å². The maximum Gasteiger partial charge on any atom is 0.264 e. The predicted molar refractivity (Wildman–Crippen MR) is 84.8 cm³/mol. The Hall–Kier alpha value is -2.93. The molecule has 0 unspecified atom stereocenters. The number of sulfonamides is 1. The molecule has 0 spiro atoms. The standard InChI is InChI=1S/C16H12N2O4S/c19-16(7-6-13-4-2-10-22-13)18-23(20,21)15-5-1-3-12-11-17-9-8-14(12)15/h1-11H,(H,18,19). The van der Waals surface area contributed by atoms with Crippen LogP contribution in [0.3, 0.4) is 0 Å². The molecule has 0 fully saturated rings. The lowest BCUT2D eigenvalue weighted by Gasteiger charge is -2.07. The number of pyridine rings is 1. The largest absolute Gasteiger partial charge is 0.465 e. The summed E-state index contributed by atoms with van der Waals surface area (Å²) >= 11 is 0. The van der Waals surface area contributed by atoms with Gasteiger partial charge in [0.2, 0.25) is 0 Å². The van der Waals surface area contributed by atoms with Gasteiger partial charge in [0.25, 0.3) is 15.9 Å². The zero-order valence-electron chi connectivity index (χ0n) is 11.8. The molecular formula is C16H12N2O4S. The van der Waals surface area contributed by atoms with E-state index in [0.717, 1.165) is 6.08 Å². The molecule has 0 saturated heterocycles. The van der Waals surface area contributed by atoms with Gasteiger partial charge >= 0.3 is 0 Å². The van der Waals surface area contributed by atoms with Crippen LogP contribution < -0.4 is 4.72 Å². The minimum atomic E-state index is -3.99. The van der Waals surface area contributed by atoms with Crippen molar-refractivity contribution in [2.45, 2.75) is 4.90 Å². The first-order chi connectivity index (χ1) is 11.1. The molecule has 0 aliphatic carbocycles. The fourth-order valence-corrected chi connectivity index (χ4v) is 3.27. The van der Waals surface area contributed by atoms with Crippen LogP contribution in [0.4, 0.5) is 0 Å². The number of amides is 1. The predicted octanol–water partition coefficient (Wildman–Crippen LogP) is 2.35. The van der Waals surface area contributed by atoms with E-state index >= 15 is 0 Å². The fourth-order valence-electron chi connectivity index (χ4n) is 2.09. The first kappa shape index (κ1) is 15.0. The molecule has 0 saturated carbocycles. The Balaban J connectivity index is 1.87. The number of hydrogen-bond acceptors (Lipinski definition) is 5. The summed E-state index contributed by atoms with van der Waals surface area (Å²) in [5, 5.41) is 1.17. The molecule has 116 valence electrons. The van der Waals surface area contributed by atoms with Crippen LogP contribution >= 0.6 is 0 Å². The lowest BCUT2D eigenvalue weighted by Crippen LogP contribution is -2.29. The minimum Gasteiger partial charge on any atom is -0.465 e. The Labute approximate surface area is 132 Å². The van der Waals surface area contributed by atoms with Gasteiger partial charge in [0.05, 0.1) is 11.2 Å². The number of aromatic nitrogens is 1. The summed E-state index contributed by atoms with van der Waals surface area (Å²) in [5.41, 5.74) is 0. The van der Waals surface area contributed by atoms with E-state index in [-0.39, 0.29) is 4.90 Å². The van der Waals surface area contributed by atoms with Crippen molar-refractivity contribution in [2.75, 3.05) is 0 Å². The third kappa shape index (κ3) is 3.29. The van der Waals surface area contributed by atoms with E-state index < -0.39 is 15.9 Å². The van der Waals surface area contributed by atoms with Gasteiger partial charge in [0, 0.05) is 29.2 Å². The monoisotopic (exact) mass is 328 g/mol. The quantitative estimate of drug-likeness (QED) is 0.743. The highest BCUT2D eigenvalue weighted by Crippen LogP contribution is 2.21. The third-order valence-corrected chi connectivity index (χ3v) is 4.51. The number of carbonyl (C=O) groups excluding carboxylic acids is 1. The van der Waals surface area contributed by atoms with E-state index in [1.54, 1.807) is 36.5 Å². The number of furan rings is 1. The molecule has 2 aromatic heterocycles.